The number of carbonyl (C=O) groups is 1. The molecule has 0 bridgehead atoms. The molecule has 1 saturated heterocycles. The Kier molecular flexibility index (Phi) is 7.79. The smallest absolute Gasteiger partial charge is 0.231 e. The Balaban J connectivity index is 1.23. The minimum Gasteiger partial charge on any atom is -0.454 e. The van der Waals surface area contributed by atoms with E-state index >= 15 is 4.39 Å². The zero-order valence-electron chi connectivity index (χ0n) is 24.8. The summed E-state index contributed by atoms with van der Waals surface area (Å²) in [5.41, 5.74) is 1.03. The average molecular weight is 629 g/mol. The lowest BCUT2D eigenvalue weighted by Crippen LogP contribution is -2.44. The molecular weight excluding hydrogens is 591 g/mol. The number of aromatic nitrogens is 1. The number of thiazole rings is 1. The fraction of sp³-hybridized carbons (Fsp3) is 0.500. The Morgan fingerprint density at radius 3 is 2.69 bits per heavy atom. The third-order valence-electron chi connectivity index (χ3n) is 9.43. The maximum Gasteiger partial charge on any atom is 0.231 e. The van der Waals surface area contributed by atoms with Gasteiger partial charge in [0, 0.05) is 34.7 Å². The minimum absolute atomic E-state index is 0.0918. The van der Waals surface area contributed by atoms with Gasteiger partial charge in [0.1, 0.15) is 16.6 Å². The molecule has 2 fully saturated rings. The second kappa shape index (κ2) is 11.0. The first kappa shape index (κ1) is 29.8. The van der Waals surface area contributed by atoms with Gasteiger partial charge in [-0.25, -0.2) is 9.37 Å². The molecule has 0 amide bonds. The van der Waals surface area contributed by atoms with Gasteiger partial charge in [-0.1, -0.05) is 44.5 Å². The summed E-state index contributed by atoms with van der Waals surface area (Å²) < 4.78 is 33.1. The van der Waals surface area contributed by atoms with E-state index in [0.717, 1.165) is 41.3 Å². The van der Waals surface area contributed by atoms with Crippen LogP contribution in [0.1, 0.15) is 67.1 Å². The summed E-state index contributed by atoms with van der Waals surface area (Å²) in [6, 6.07) is 10.3. The number of likely N-dealkylation sites (tertiary alicyclic amines) is 1. The average Bonchev–Trinajstić information content (AvgIpc) is 3.22. The van der Waals surface area contributed by atoms with E-state index in [2.05, 4.69) is 43.7 Å². The quantitative estimate of drug-likeness (QED) is 0.226. The number of hydrogen-bond acceptors (Lipinski definition) is 7. The Morgan fingerprint density at radius 2 is 1.98 bits per heavy atom. The van der Waals surface area contributed by atoms with E-state index in [1.54, 1.807) is 12.1 Å². The SMILES string of the molecule is CC(C)(C)[Si](C)(C)O[C@@H]1CCN([C@H](c2cnc(CC(=O)C3(c4ccc5c(c4)OCO5)CC3)s2)c2ccc(Cl)cc2F)C1. The van der Waals surface area contributed by atoms with E-state index in [4.69, 9.17) is 25.5 Å². The van der Waals surface area contributed by atoms with Crippen molar-refractivity contribution in [2.24, 2.45) is 0 Å². The molecule has 3 aromatic rings. The largest absolute Gasteiger partial charge is 0.454 e. The molecule has 42 heavy (non-hydrogen) atoms. The maximum absolute atomic E-state index is 15.4. The molecule has 10 heteroatoms. The lowest BCUT2D eigenvalue weighted by molar-refractivity contribution is -0.120. The Hall–Kier alpha value is -2.30. The van der Waals surface area contributed by atoms with Gasteiger partial charge in [-0.05, 0) is 67.2 Å². The summed E-state index contributed by atoms with van der Waals surface area (Å²) >= 11 is 7.62. The number of carbonyl (C=O) groups excluding carboxylic acids is 1. The van der Waals surface area contributed by atoms with E-state index in [0.29, 0.717) is 28.6 Å². The van der Waals surface area contributed by atoms with Crippen LogP contribution < -0.4 is 9.47 Å². The van der Waals surface area contributed by atoms with Crippen molar-refractivity contribution in [2.75, 3.05) is 19.9 Å². The van der Waals surface area contributed by atoms with Crippen molar-refractivity contribution >= 4 is 37.0 Å². The van der Waals surface area contributed by atoms with Crippen LogP contribution in [0.2, 0.25) is 23.2 Å². The van der Waals surface area contributed by atoms with Gasteiger partial charge >= 0.3 is 0 Å². The van der Waals surface area contributed by atoms with Crippen molar-refractivity contribution in [1.29, 1.82) is 0 Å². The number of halogens is 2. The van der Waals surface area contributed by atoms with Crippen LogP contribution in [0.25, 0.3) is 0 Å². The predicted octanol–water partition coefficient (Wildman–Crippen LogP) is 7.69. The first-order chi connectivity index (χ1) is 19.9. The fourth-order valence-corrected chi connectivity index (χ4v) is 8.43. The number of fused-ring (bicyclic) bond motifs is 1. The molecule has 1 aromatic heterocycles. The van der Waals surface area contributed by atoms with Crippen molar-refractivity contribution in [1.82, 2.24) is 9.88 Å². The van der Waals surface area contributed by atoms with Crippen LogP contribution in [0.15, 0.2) is 42.6 Å². The molecule has 2 aliphatic heterocycles. The van der Waals surface area contributed by atoms with Crippen LogP contribution in [0.5, 0.6) is 11.5 Å². The molecule has 224 valence electrons. The van der Waals surface area contributed by atoms with E-state index in [-0.39, 0.29) is 42.0 Å². The molecule has 3 heterocycles. The molecule has 2 atom stereocenters. The lowest BCUT2D eigenvalue weighted by Gasteiger charge is -2.38. The number of Topliss-reactive ketones (excluding diaryl/α,β-unsaturated/α-hetero) is 1. The lowest BCUT2D eigenvalue weighted by atomic mass is 9.89. The molecule has 0 radical (unpaired) electrons. The molecular formula is C32H38ClFN2O4SSi. The molecule has 0 spiro atoms. The van der Waals surface area contributed by atoms with Gasteiger partial charge in [0.15, 0.2) is 19.8 Å². The Morgan fingerprint density at radius 1 is 1.21 bits per heavy atom. The summed E-state index contributed by atoms with van der Waals surface area (Å²) in [5.74, 6) is 1.22. The second-order valence-electron chi connectivity index (χ2n) is 13.3. The molecule has 0 N–H and O–H groups in total. The van der Waals surface area contributed by atoms with Crippen molar-refractivity contribution in [3.8, 4) is 11.5 Å². The first-order valence-corrected chi connectivity index (χ1v) is 18.7. The summed E-state index contributed by atoms with van der Waals surface area (Å²) in [6.07, 6.45) is 4.66. The van der Waals surface area contributed by atoms with Gasteiger partial charge < -0.3 is 13.9 Å². The van der Waals surface area contributed by atoms with Crippen LogP contribution in [0.3, 0.4) is 0 Å². The minimum atomic E-state index is -1.95. The van der Waals surface area contributed by atoms with Gasteiger partial charge in [-0.3, -0.25) is 9.69 Å². The molecule has 6 nitrogen and oxygen atoms in total. The molecule has 0 unspecified atom stereocenters. The molecule has 6 rings (SSSR count). The van der Waals surface area contributed by atoms with Crippen molar-refractivity contribution in [2.45, 2.75) is 82.1 Å². The van der Waals surface area contributed by atoms with E-state index < -0.39 is 13.7 Å². The van der Waals surface area contributed by atoms with Gasteiger partial charge in [0.05, 0.1) is 24.0 Å². The topological polar surface area (TPSA) is 60.9 Å². The summed E-state index contributed by atoms with van der Waals surface area (Å²) in [5, 5.41) is 1.22. The Bertz CT molecular complexity index is 1500. The summed E-state index contributed by atoms with van der Waals surface area (Å²) in [7, 11) is -1.95. The molecule has 1 saturated carbocycles. The van der Waals surface area contributed by atoms with Crippen molar-refractivity contribution in [3.05, 3.63) is 74.4 Å². The number of rotatable bonds is 9. The zero-order valence-corrected chi connectivity index (χ0v) is 27.4. The molecule has 1 aliphatic carbocycles. The third-order valence-corrected chi connectivity index (χ3v) is 15.2. The third kappa shape index (κ3) is 5.66. The van der Waals surface area contributed by atoms with Crippen LogP contribution in [-0.4, -0.2) is 50.0 Å². The Labute approximate surface area is 257 Å². The first-order valence-electron chi connectivity index (χ1n) is 14.6. The standard InChI is InChI=1S/C32H38ClFN2O4SSi/c1-31(2,3)42(4,5)40-22-10-13-36(18-22)30(23-8-7-21(33)15-24(23)34)27-17-35-29(41-27)16-28(37)32(11-12-32)20-6-9-25-26(14-20)39-19-38-25/h6-9,14-15,17,22,30H,10-13,16,18-19H2,1-5H3/t22-,30+/m1/s1. The molecule has 2 aromatic carbocycles. The van der Waals surface area contributed by atoms with Crippen molar-refractivity contribution in [3.63, 3.8) is 0 Å². The number of hydrogen-bond donors (Lipinski definition) is 0. The molecule has 3 aliphatic rings. The maximum atomic E-state index is 15.4. The summed E-state index contributed by atoms with van der Waals surface area (Å²) in [4.78, 5) is 21.5. The monoisotopic (exact) mass is 628 g/mol. The van der Waals surface area contributed by atoms with Gasteiger partial charge in [-0.15, -0.1) is 11.3 Å². The highest BCUT2D eigenvalue weighted by Gasteiger charge is 2.51. The van der Waals surface area contributed by atoms with Crippen LogP contribution in [-0.2, 0) is 21.1 Å². The second-order valence-corrected chi connectivity index (χ2v) is 19.6. The number of nitrogens with zero attached hydrogens (tertiary/aromatic N) is 2. The van der Waals surface area contributed by atoms with Gasteiger partial charge in [0.25, 0.3) is 0 Å². The number of benzene rings is 2. The van der Waals surface area contributed by atoms with Crippen LogP contribution >= 0.6 is 22.9 Å². The van der Waals surface area contributed by atoms with E-state index in [1.807, 2.05) is 24.4 Å². The highest BCUT2D eigenvalue weighted by Crippen LogP contribution is 2.52. The fourth-order valence-electron chi connectivity index (χ4n) is 5.82. The highest BCUT2D eigenvalue weighted by molar-refractivity contribution is 7.11. The van der Waals surface area contributed by atoms with Crippen molar-refractivity contribution < 1.29 is 23.1 Å². The predicted molar refractivity (Wildman–Crippen MR) is 166 cm³/mol. The van der Waals surface area contributed by atoms with E-state index in [1.165, 1.54) is 17.4 Å². The highest BCUT2D eigenvalue weighted by atomic mass is 35.5. The number of ether oxygens (including phenoxy) is 2. The van der Waals surface area contributed by atoms with Crippen LogP contribution in [0, 0.1) is 5.82 Å². The normalized spacial score (nSPS) is 20.6. The van der Waals surface area contributed by atoms with E-state index in [9.17, 15) is 4.79 Å². The van der Waals surface area contributed by atoms with Gasteiger partial charge in [-0.2, -0.15) is 0 Å². The zero-order chi connectivity index (χ0) is 29.9. The number of ketones is 1. The van der Waals surface area contributed by atoms with Gasteiger partial charge in [0.2, 0.25) is 6.79 Å². The van der Waals surface area contributed by atoms with Crippen LogP contribution in [0.4, 0.5) is 4.39 Å². The summed E-state index contributed by atoms with van der Waals surface area (Å²) in [6.45, 7) is 13.0.